The molecule has 120 valence electrons. The summed E-state index contributed by atoms with van der Waals surface area (Å²) in [6, 6.07) is 5.87. The second-order valence-corrected chi connectivity index (χ2v) is 8.59. The number of carbonyl (C=O) groups is 1. The van der Waals surface area contributed by atoms with Crippen LogP contribution in [0.15, 0.2) is 18.2 Å². The topological polar surface area (TPSA) is 58.1 Å². The summed E-state index contributed by atoms with van der Waals surface area (Å²) in [5.41, 5.74) is 2.85. The van der Waals surface area contributed by atoms with Crippen molar-refractivity contribution in [2.24, 2.45) is 0 Å². The van der Waals surface area contributed by atoms with Gasteiger partial charge in [0.2, 0.25) is 0 Å². The Morgan fingerprint density at radius 2 is 2.05 bits per heavy atom. The van der Waals surface area contributed by atoms with Gasteiger partial charge in [-0.15, -0.1) is 0 Å². The minimum Gasteiger partial charge on any atom is -0.337 e. The van der Waals surface area contributed by atoms with Gasteiger partial charge in [-0.25, -0.2) is 4.79 Å². The lowest BCUT2D eigenvalue weighted by Gasteiger charge is -2.20. The van der Waals surface area contributed by atoms with Crippen molar-refractivity contribution in [2.75, 3.05) is 19.3 Å². The summed E-state index contributed by atoms with van der Waals surface area (Å²) < 4.78 is 8.63. The highest BCUT2D eigenvalue weighted by Gasteiger charge is 2.12. The molecule has 0 atom stereocenters. The van der Waals surface area contributed by atoms with E-state index in [1.807, 2.05) is 30.0 Å². The maximum Gasteiger partial charge on any atom is 0.317 e. The molecule has 2 aromatic rings. The lowest BCUT2D eigenvalue weighted by Crippen LogP contribution is -2.38. The Kier molecular flexibility index (Phi) is 5.63. The van der Waals surface area contributed by atoms with Gasteiger partial charge >= 0.3 is 6.03 Å². The molecule has 2 amide bonds. The van der Waals surface area contributed by atoms with E-state index in [4.69, 9.17) is 0 Å². The van der Waals surface area contributed by atoms with Gasteiger partial charge in [0.1, 0.15) is 11.0 Å². The maximum absolute atomic E-state index is 12.1. The number of amides is 2. The Labute approximate surface area is 139 Å². The number of benzene rings is 1. The molecule has 5 nitrogen and oxygen atoms in total. The smallest absolute Gasteiger partial charge is 0.317 e. The van der Waals surface area contributed by atoms with Crippen LogP contribution in [0.3, 0.4) is 0 Å². The first-order chi connectivity index (χ1) is 10.3. The van der Waals surface area contributed by atoms with Gasteiger partial charge in [0, 0.05) is 30.6 Å². The summed E-state index contributed by atoms with van der Waals surface area (Å²) >= 11 is 3.05. The van der Waals surface area contributed by atoms with Crippen LogP contribution in [-0.2, 0) is 6.54 Å². The zero-order chi connectivity index (χ0) is 16.2. The number of hydrogen-bond acceptors (Lipinski definition) is 5. The number of thioether (sulfide) groups is 1. The second-order valence-electron chi connectivity index (χ2n) is 6.14. The largest absolute Gasteiger partial charge is 0.337 e. The van der Waals surface area contributed by atoms with Crippen molar-refractivity contribution in [2.45, 2.75) is 32.1 Å². The molecule has 0 spiro atoms. The molecular formula is C15H22N4OS2. The highest BCUT2D eigenvalue weighted by molar-refractivity contribution is 8.00. The Morgan fingerprint density at radius 1 is 1.32 bits per heavy atom. The maximum atomic E-state index is 12.1. The Hall–Kier alpha value is -1.34. The lowest BCUT2D eigenvalue weighted by molar-refractivity contribution is 0.207. The van der Waals surface area contributed by atoms with Crippen LogP contribution < -0.4 is 5.32 Å². The number of hydrogen-bond donors (Lipinski definition) is 1. The molecular weight excluding hydrogens is 316 g/mol. The highest BCUT2D eigenvalue weighted by Crippen LogP contribution is 2.22. The lowest BCUT2D eigenvalue weighted by atomic mass is 10.2. The molecule has 0 aliphatic rings. The molecule has 22 heavy (non-hydrogen) atoms. The van der Waals surface area contributed by atoms with Crippen molar-refractivity contribution in [1.29, 1.82) is 0 Å². The van der Waals surface area contributed by atoms with Crippen molar-refractivity contribution in [3.8, 4) is 0 Å². The van der Waals surface area contributed by atoms with Crippen molar-refractivity contribution in [3.05, 3.63) is 23.8 Å². The normalized spacial score (nSPS) is 11.6. The quantitative estimate of drug-likeness (QED) is 0.849. The molecule has 1 aromatic heterocycles. The standard InChI is InChI=1S/C15H22N4OS2/c1-15(2,3)21-8-7-16-14(20)19(4)10-11-5-6-12-13(9-11)18-22-17-12/h5-6,9H,7-8,10H2,1-4H3,(H,16,20). The monoisotopic (exact) mass is 338 g/mol. The van der Waals surface area contributed by atoms with Crippen LogP contribution in [0, 0.1) is 0 Å². The van der Waals surface area contributed by atoms with E-state index >= 15 is 0 Å². The number of carbonyl (C=O) groups excluding carboxylic acids is 1. The first-order valence-corrected chi connectivity index (χ1v) is 8.91. The van der Waals surface area contributed by atoms with E-state index in [1.165, 1.54) is 11.7 Å². The third-order valence-corrected chi connectivity index (χ3v) is 4.83. The Bertz CT molecular complexity index is 636. The van der Waals surface area contributed by atoms with Crippen LogP contribution in [-0.4, -0.2) is 43.8 Å². The van der Waals surface area contributed by atoms with Crippen molar-refractivity contribution in [1.82, 2.24) is 19.0 Å². The van der Waals surface area contributed by atoms with Gasteiger partial charge in [0.15, 0.2) is 0 Å². The summed E-state index contributed by atoms with van der Waals surface area (Å²) in [7, 11) is 1.80. The van der Waals surface area contributed by atoms with Gasteiger partial charge in [-0.2, -0.15) is 20.5 Å². The van der Waals surface area contributed by atoms with Crippen LogP contribution in [0.5, 0.6) is 0 Å². The summed E-state index contributed by atoms with van der Waals surface area (Å²) in [6.45, 7) is 7.77. The van der Waals surface area contributed by atoms with Crippen LogP contribution >= 0.6 is 23.5 Å². The zero-order valence-corrected chi connectivity index (χ0v) is 15.1. The molecule has 1 heterocycles. The molecule has 0 saturated heterocycles. The number of aromatic nitrogens is 2. The average Bonchev–Trinajstić information content (AvgIpc) is 2.89. The van der Waals surface area contributed by atoms with E-state index in [0.29, 0.717) is 13.1 Å². The molecule has 0 unspecified atom stereocenters. The van der Waals surface area contributed by atoms with Crippen LogP contribution in [0.1, 0.15) is 26.3 Å². The van der Waals surface area contributed by atoms with E-state index in [9.17, 15) is 4.79 Å². The van der Waals surface area contributed by atoms with E-state index in [1.54, 1.807) is 11.9 Å². The van der Waals surface area contributed by atoms with Crippen molar-refractivity contribution in [3.63, 3.8) is 0 Å². The number of nitrogens with one attached hydrogen (secondary N) is 1. The van der Waals surface area contributed by atoms with Gasteiger partial charge in [-0.05, 0) is 17.7 Å². The summed E-state index contributed by atoms with van der Waals surface area (Å²) in [5.74, 6) is 0.916. The molecule has 7 heteroatoms. The van der Waals surface area contributed by atoms with Gasteiger partial charge in [-0.1, -0.05) is 26.8 Å². The SMILES string of the molecule is CN(Cc1ccc2nsnc2c1)C(=O)NCCSC(C)(C)C. The Morgan fingerprint density at radius 3 is 2.77 bits per heavy atom. The van der Waals surface area contributed by atoms with Crippen molar-refractivity contribution >= 4 is 40.6 Å². The Balaban J connectivity index is 1.80. The fourth-order valence-corrected chi connectivity index (χ4v) is 3.26. The van der Waals surface area contributed by atoms with E-state index < -0.39 is 0 Å². The third-order valence-electron chi connectivity index (χ3n) is 3.00. The predicted molar refractivity (Wildman–Crippen MR) is 94.5 cm³/mol. The molecule has 0 radical (unpaired) electrons. The number of rotatable bonds is 5. The molecule has 2 rings (SSSR count). The van der Waals surface area contributed by atoms with Gasteiger partial charge in [0.05, 0.1) is 11.7 Å². The first-order valence-electron chi connectivity index (χ1n) is 7.19. The van der Waals surface area contributed by atoms with Crippen LogP contribution in [0.25, 0.3) is 11.0 Å². The molecule has 0 aliphatic heterocycles. The third kappa shape index (κ3) is 5.14. The van der Waals surface area contributed by atoms with Gasteiger partial charge in [0.25, 0.3) is 0 Å². The number of nitrogens with zero attached hydrogens (tertiary/aromatic N) is 3. The summed E-state index contributed by atoms with van der Waals surface area (Å²) in [5, 5.41) is 2.95. The van der Waals surface area contributed by atoms with E-state index in [0.717, 1.165) is 22.3 Å². The summed E-state index contributed by atoms with van der Waals surface area (Å²) in [4.78, 5) is 13.7. The van der Waals surface area contributed by atoms with E-state index in [2.05, 4.69) is 34.8 Å². The van der Waals surface area contributed by atoms with Gasteiger partial charge < -0.3 is 10.2 Å². The zero-order valence-electron chi connectivity index (χ0n) is 13.4. The van der Waals surface area contributed by atoms with Crippen molar-refractivity contribution < 1.29 is 4.79 Å². The molecule has 0 bridgehead atoms. The average molecular weight is 339 g/mol. The summed E-state index contributed by atoms with van der Waals surface area (Å²) in [6.07, 6.45) is 0. The van der Waals surface area contributed by atoms with Crippen LogP contribution in [0.4, 0.5) is 4.79 Å². The van der Waals surface area contributed by atoms with Crippen LogP contribution in [0.2, 0.25) is 0 Å². The highest BCUT2D eigenvalue weighted by atomic mass is 32.2. The van der Waals surface area contributed by atoms with E-state index in [-0.39, 0.29) is 10.8 Å². The number of fused-ring (bicyclic) bond motifs is 1. The number of urea groups is 1. The molecule has 1 N–H and O–H groups in total. The molecule has 1 aromatic carbocycles. The fourth-order valence-electron chi connectivity index (χ4n) is 1.92. The first kappa shape index (κ1) is 17.0. The minimum atomic E-state index is -0.0500. The second kappa shape index (κ2) is 7.28. The van der Waals surface area contributed by atoms with Gasteiger partial charge in [-0.3, -0.25) is 0 Å². The fraction of sp³-hybridized carbons (Fsp3) is 0.533. The molecule has 0 saturated carbocycles. The molecule has 0 aliphatic carbocycles. The molecule has 0 fully saturated rings. The predicted octanol–water partition coefficient (Wildman–Crippen LogP) is 3.36. The minimum absolute atomic E-state index is 0.0500.